The number of hydrogen-bond donors (Lipinski definition) is 0. The van der Waals surface area contributed by atoms with Crippen molar-refractivity contribution < 1.29 is 18.7 Å². The lowest BCUT2D eigenvalue weighted by atomic mass is 9.99. The Hall–Kier alpha value is -3.61. The molecule has 34 heavy (non-hydrogen) atoms. The van der Waals surface area contributed by atoms with Gasteiger partial charge >= 0.3 is 0 Å². The monoisotopic (exact) mass is 463 g/mol. The molecular formula is C27H30FN3O3. The van der Waals surface area contributed by atoms with Crippen molar-refractivity contribution in [2.45, 2.75) is 32.4 Å². The second-order valence-electron chi connectivity index (χ2n) is 8.48. The topological polar surface area (TPSA) is 54.8 Å². The smallest absolute Gasteiger partial charge is 0.243 e. The molecular weight excluding hydrogens is 433 g/mol. The SMILES string of the molecule is CCCN(CC(=O)N1CCn2cccc2[C@@H]1c1ccccc1F)C(=O)Cc1ccc(OC)cc1. The maximum atomic E-state index is 14.8. The first kappa shape index (κ1) is 23.5. The molecule has 0 fully saturated rings. The van der Waals surface area contributed by atoms with Crippen LogP contribution in [-0.4, -0.2) is 52.9 Å². The van der Waals surface area contributed by atoms with Gasteiger partial charge in [0.15, 0.2) is 0 Å². The van der Waals surface area contributed by atoms with Gasteiger partial charge in [-0.1, -0.05) is 37.3 Å². The second kappa shape index (κ2) is 10.5. The van der Waals surface area contributed by atoms with Gasteiger partial charge in [0, 0.05) is 37.1 Å². The molecule has 0 N–H and O–H groups in total. The zero-order valence-corrected chi connectivity index (χ0v) is 19.6. The van der Waals surface area contributed by atoms with Crippen molar-refractivity contribution in [1.82, 2.24) is 14.4 Å². The van der Waals surface area contributed by atoms with Crippen LogP contribution in [0.4, 0.5) is 4.39 Å². The Kier molecular flexibility index (Phi) is 7.30. The minimum Gasteiger partial charge on any atom is -0.497 e. The first-order chi connectivity index (χ1) is 16.5. The molecule has 0 saturated carbocycles. The van der Waals surface area contributed by atoms with Gasteiger partial charge < -0.3 is 19.1 Å². The maximum absolute atomic E-state index is 14.8. The Morgan fingerprint density at radius 1 is 1.06 bits per heavy atom. The molecule has 1 aromatic heterocycles. The lowest BCUT2D eigenvalue weighted by Gasteiger charge is -2.38. The molecule has 0 unspecified atom stereocenters. The van der Waals surface area contributed by atoms with Crippen LogP contribution in [0.5, 0.6) is 5.75 Å². The molecule has 3 aromatic rings. The van der Waals surface area contributed by atoms with E-state index in [4.69, 9.17) is 4.74 Å². The van der Waals surface area contributed by atoms with Crippen LogP contribution in [0, 0.1) is 5.82 Å². The number of amides is 2. The van der Waals surface area contributed by atoms with Crippen molar-refractivity contribution in [3.05, 3.63) is 89.5 Å². The van der Waals surface area contributed by atoms with Crippen LogP contribution >= 0.6 is 0 Å². The van der Waals surface area contributed by atoms with Crippen LogP contribution in [0.3, 0.4) is 0 Å². The first-order valence-corrected chi connectivity index (χ1v) is 11.6. The van der Waals surface area contributed by atoms with Gasteiger partial charge in [0.2, 0.25) is 11.8 Å². The van der Waals surface area contributed by atoms with Gasteiger partial charge in [-0.3, -0.25) is 9.59 Å². The Balaban J connectivity index is 1.54. The molecule has 0 aliphatic carbocycles. The summed E-state index contributed by atoms with van der Waals surface area (Å²) < 4.78 is 22.0. The number of carbonyl (C=O) groups excluding carboxylic acids is 2. The Bertz CT molecular complexity index is 1140. The molecule has 178 valence electrons. The van der Waals surface area contributed by atoms with Gasteiger partial charge in [-0.2, -0.15) is 0 Å². The Labute approximate surface area is 199 Å². The number of hydrogen-bond acceptors (Lipinski definition) is 3. The molecule has 2 amide bonds. The van der Waals surface area contributed by atoms with Gasteiger partial charge in [0.25, 0.3) is 0 Å². The molecule has 2 aromatic carbocycles. The van der Waals surface area contributed by atoms with E-state index >= 15 is 0 Å². The zero-order valence-electron chi connectivity index (χ0n) is 19.6. The summed E-state index contributed by atoms with van der Waals surface area (Å²) in [6, 6.07) is 17.2. The van der Waals surface area contributed by atoms with Crippen LogP contribution in [0.15, 0.2) is 66.9 Å². The minimum absolute atomic E-state index is 0.0332. The summed E-state index contributed by atoms with van der Waals surface area (Å²) >= 11 is 0. The second-order valence-corrected chi connectivity index (χ2v) is 8.48. The largest absolute Gasteiger partial charge is 0.497 e. The van der Waals surface area contributed by atoms with Crippen LogP contribution in [0.2, 0.25) is 0 Å². The van der Waals surface area contributed by atoms with Crippen LogP contribution in [-0.2, 0) is 22.6 Å². The molecule has 2 heterocycles. The van der Waals surface area contributed by atoms with Crippen LogP contribution in [0.1, 0.15) is 36.2 Å². The third-order valence-corrected chi connectivity index (χ3v) is 6.25. The van der Waals surface area contributed by atoms with Gasteiger partial charge in [0.05, 0.1) is 20.1 Å². The predicted molar refractivity (Wildman–Crippen MR) is 128 cm³/mol. The van der Waals surface area contributed by atoms with Crippen molar-refractivity contribution in [1.29, 1.82) is 0 Å². The summed E-state index contributed by atoms with van der Waals surface area (Å²) in [5.41, 5.74) is 2.19. The van der Waals surface area contributed by atoms with E-state index in [2.05, 4.69) is 4.57 Å². The average Bonchev–Trinajstić information content (AvgIpc) is 3.33. The van der Waals surface area contributed by atoms with Gasteiger partial charge in [-0.15, -0.1) is 0 Å². The number of carbonyl (C=O) groups is 2. The fraction of sp³-hybridized carbons (Fsp3) is 0.333. The number of nitrogens with zero attached hydrogens (tertiary/aromatic N) is 3. The maximum Gasteiger partial charge on any atom is 0.243 e. The Morgan fingerprint density at radius 3 is 2.53 bits per heavy atom. The number of rotatable bonds is 8. The number of ether oxygens (including phenoxy) is 1. The van der Waals surface area contributed by atoms with E-state index in [9.17, 15) is 14.0 Å². The van der Waals surface area contributed by atoms with Crippen molar-refractivity contribution in [2.75, 3.05) is 26.7 Å². The molecule has 0 spiro atoms. The molecule has 0 saturated heterocycles. The highest BCUT2D eigenvalue weighted by molar-refractivity contribution is 5.86. The Morgan fingerprint density at radius 2 is 1.82 bits per heavy atom. The molecule has 1 aliphatic heterocycles. The van der Waals surface area contributed by atoms with Gasteiger partial charge in [-0.05, 0) is 42.3 Å². The zero-order chi connectivity index (χ0) is 24.1. The highest BCUT2D eigenvalue weighted by Gasteiger charge is 2.34. The summed E-state index contributed by atoms with van der Waals surface area (Å²) in [7, 11) is 1.60. The first-order valence-electron chi connectivity index (χ1n) is 11.6. The van der Waals surface area contributed by atoms with E-state index in [1.54, 1.807) is 35.1 Å². The lowest BCUT2D eigenvalue weighted by molar-refractivity contribution is -0.141. The number of fused-ring (bicyclic) bond motifs is 1. The third-order valence-electron chi connectivity index (χ3n) is 6.25. The van der Waals surface area contributed by atoms with E-state index in [-0.39, 0.29) is 30.6 Å². The predicted octanol–water partition coefficient (Wildman–Crippen LogP) is 4.05. The highest BCUT2D eigenvalue weighted by Crippen LogP contribution is 2.34. The van der Waals surface area contributed by atoms with Crippen molar-refractivity contribution in [3.63, 3.8) is 0 Å². The van der Waals surface area contributed by atoms with E-state index < -0.39 is 6.04 Å². The molecule has 7 heteroatoms. The van der Waals surface area contributed by atoms with E-state index in [1.807, 2.05) is 49.5 Å². The summed E-state index contributed by atoms with van der Waals surface area (Å²) in [4.78, 5) is 29.9. The summed E-state index contributed by atoms with van der Waals surface area (Å²) in [6.07, 6.45) is 2.89. The van der Waals surface area contributed by atoms with Crippen molar-refractivity contribution >= 4 is 11.8 Å². The summed E-state index contributed by atoms with van der Waals surface area (Å²) in [5.74, 6) is 0.0900. The van der Waals surface area contributed by atoms with Gasteiger partial charge in [0.1, 0.15) is 17.6 Å². The van der Waals surface area contributed by atoms with E-state index in [0.717, 1.165) is 23.4 Å². The highest BCUT2D eigenvalue weighted by atomic mass is 19.1. The quantitative estimate of drug-likeness (QED) is 0.507. The molecule has 1 aliphatic rings. The molecule has 1 atom stereocenters. The molecule has 0 radical (unpaired) electrons. The molecule has 0 bridgehead atoms. The van der Waals surface area contributed by atoms with E-state index in [1.165, 1.54) is 6.07 Å². The lowest BCUT2D eigenvalue weighted by Crippen LogP contribution is -2.48. The number of benzene rings is 2. The normalized spacial score (nSPS) is 15.0. The fourth-order valence-corrected chi connectivity index (χ4v) is 4.52. The third kappa shape index (κ3) is 4.98. The van der Waals surface area contributed by atoms with Crippen molar-refractivity contribution in [2.24, 2.45) is 0 Å². The summed E-state index contributed by atoms with van der Waals surface area (Å²) in [6.45, 7) is 3.51. The molecule has 6 nitrogen and oxygen atoms in total. The summed E-state index contributed by atoms with van der Waals surface area (Å²) in [5, 5.41) is 0. The van der Waals surface area contributed by atoms with Gasteiger partial charge in [-0.25, -0.2) is 4.39 Å². The number of halogens is 1. The fourth-order valence-electron chi connectivity index (χ4n) is 4.52. The van der Waals surface area contributed by atoms with E-state index in [0.29, 0.717) is 25.2 Å². The molecule has 4 rings (SSSR count). The average molecular weight is 464 g/mol. The standard InChI is InChI=1S/C27H30FN3O3/c1-3-14-30(25(32)18-20-10-12-21(34-2)13-11-20)19-26(33)31-17-16-29-15-6-9-24(29)27(31)22-7-4-5-8-23(22)28/h4-13,15,27H,3,14,16-19H2,1-2H3/t27-/m0/s1. The minimum atomic E-state index is -0.530. The number of methoxy groups -OCH3 is 1. The number of aromatic nitrogens is 1. The van der Waals surface area contributed by atoms with Crippen LogP contribution < -0.4 is 4.74 Å². The van der Waals surface area contributed by atoms with Crippen LogP contribution in [0.25, 0.3) is 0 Å². The van der Waals surface area contributed by atoms with Crippen molar-refractivity contribution in [3.8, 4) is 5.75 Å².